The molecule has 0 aromatic carbocycles. The quantitative estimate of drug-likeness (QED) is 0.890. The van der Waals surface area contributed by atoms with Crippen LogP contribution in [-0.2, 0) is 0 Å². The summed E-state index contributed by atoms with van der Waals surface area (Å²) in [6.45, 7) is 0. The summed E-state index contributed by atoms with van der Waals surface area (Å²) in [5.74, 6) is 1.08. The molecule has 0 spiro atoms. The number of nitrogens with zero attached hydrogens (tertiary/aromatic N) is 2. The van der Waals surface area contributed by atoms with Crippen molar-refractivity contribution >= 4 is 33.3 Å². The number of thiazole rings is 1. The summed E-state index contributed by atoms with van der Waals surface area (Å²) >= 11 is 3.49. The highest BCUT2D eigenvalue weighted by atomic mass is 32.2. The van der Waals surface area contributed by atoms with Crippen LogP contribution in [-0.4, -0.2) is 22.0 Å². The second-order valence-electron chi connectivity index (χ2n) is 3.28. The minimum absolute atomic E-state index is 0.0647. The molecule has 0 radical (unpaired) electrons. The first-order valence-corrected chi connectivity index (χ1v) is 6.97. The SMILES string of the molecule is CSCCC(N)c1nc2cnccc2s1. The molecule has 5 heteroatoms. The molecule has 0 saturated carbocycles. The number of hydrogen-bond donors (Lipinski definition) is 1. The molecule has 0 aliphatic rings. The number of fused-ring (bicyclic) bond motifs is 1. The predicted octanol–water partition coefficient (Wildman–Crippen LogP) is 2.44. The van der Waals surface area contributed by atoms with E-state index in [0.717, 1.165) is 22.7 Å². The summed E-state index contributed by atoms with van der Waals surface area (Å²) in [5.41, 5.74) is 7.01. The van der Waals surface area contributed by atoms with E-state index in [2.05, 4.69) is 16.2 Å². The van der Waals surface area contributed by atoms with E-state index in [0.29, 0.717) is 0 Å². The Morgan fingerprint density at radius 1 is 1.60 bits per heavy atom. The van der Waals surface area contributed by atoms with Gasteiger partial charge in [0.1, 0.15) is 5.01 Å². The summed E-state index contributed by atoms with van der Waals surface area (Å²) in [7, 11) is 0. The van der Waals surface area contributed by atoms with Gasteiger partial charge in [-0.1, -0.05) is 0 Å². The number of hydrogen-bond acceptors (Lipinski definition) is 5. The highest BCUT2D eigenvalue weighted by Crippen LogP contribution is 2.26. The van der Waals surface area contributed by atoms with Gasteiger partial charge in [-0.15, -0.1) is 11.3 Å². The molecule has 0 fully saturated rings. The van der Waals surface area contributed by atoms with Crippen molar-refractivity contribution in [3.05, 3.63) is 23.5 Å². The minimum Gasteiger partial charge on any atom is -0.322 e. The van der Waals surface area contributed by atoms with E-state index in [4.69, 9.17) is 5.73 Å². The molecule has 2 N–H and O–H groups in total. The number of nitrogens with two attached hydrogens (primary N) is 1. The highest BCUT2D eigenvalue weighted by Gasteiger charge is 2.11. The summed E-state index contributed by atoms with van der Waals surface area (Å²) in [6, 6.07) is 2.05. The van der Waals surface area contributed by atoms with Gasteiger partial charge < -0.3 is 5.73 Å². The zero-order chi connectivity index (χ0) is 10.7. The molecular formula is C10H13N3S2. The molecule has 1 atom stereocenters. The second-order valence-corrected chi connectivity index (χ2v) is 5.33. The average molecular weight is 239 g/mol. The van der Waals surface area contributed by atoms with Gasteiger partial charge in [0, 0.05) is 6.20 Å². The molecule has 2 aromatic heterocycles. The first-order chi connectivity index (χ1) is 7.31. The molecule has 0 bridgehead atoms. The Hall–Kier alpha value is -0.650. The molecular weight excluding hydrogens is 226 g/mol. The van der Waals surface area contributed by atoms with Crippen LogP contribution < -0.4 is 5.73 Å². The lowest BCUT2D eigenvalue weighted by Gasteiger charge is -2.05. The Morgan fingerprint density at radius 2 is 2.47 bits per heavy atom. The molecule has 0 aliphatic heterocycles. The molecule has 15 heavy (non-hydrogen) atoms. The summed E-state index contributed by atoms with van der Waals surface area (Å²) in [4.78, 5) is 8.53. The van der Waals surface area contributed by atoms with Crippen molar-refractivity contribution in [2.75, 3.05) is 12.0 Å². The number of rotatable bonds is 4. The molecule has 2 rings (SSSR count). The average Bonchev–Trinajstić information content (AvgIpc) is 2.69. The van der Waals surface area contributed by atoms with Crippen LogP contribution >= 0.6 is 23.1 Å². The van der Waals surface area contributed by atoms with E-state index in [1.54, 1.807) is 23.7 Å². The number of aromatic nitrogens is 2. The van der Waals surface area contributed by atoms with Gasteiger partial charge in [-0.2, -0.15) is 11.8 Å². The molecule has 2 aromatic rings. The molecule has 0 saturated heterocycles. The van der Waals surface area contributed by atoms with Gasteiger partial charge in [-0.3, -0.25) is 4.98 Å². The van der Waals surface area contributed by atoms with Crippen molar-refractivity contribution in [1.82, 2.24) is 9.97 Å². The zero-order valence-electron chi connectivity index (χ0n) is 8.51. The fourth-order valence-corrected chi connectivity index (χ4v) is 2.78. The van der Waals surface area contributed by atoms with Crippen molar-refractivity contribution in [3.8, 4) is 0 Å². The Kier molecular flexibility index (Phi) is 3.56. The third-order valence-corrected chi connectivity index (χ3v) is 3.97. The van der Waals surface area contributed by atoms with Crippen molar-refractivity contribution in [2.24, 2.45) is 5.73 Å². The van der Waals surface area contributed by atoms with Crippen LogP contribution in [0, 0.1) is 0 Å². The molecule has 2 heterocycles. The van der Waals surface area contributed by atoms with Crippen molar-refractivity contribution in [2.45, 2.75) is 12.5 Å². The maximum absolute atomic E-state index is 6.06. The van der Waals surface area contributed by atoms with Crippen LogP contribution in [0.5, 0.6) is 0 Å². The van der Waals surface area contributed by atoms with Crippen LogP contribution in [0.4, 0.5) is 0 Å². The fourth-order valence-electron chi connectivity index (χ4n) is 1.32. The van der Waals surface area contributed by atoms with Gasteiger partial charge in [0.05, 0.1) is 22.5 Å². The van der Waals surface area contributed by atoms with E-state index in [1.807, 2.05) is 17.8 Å². The van der Waals surface area contributed by atoms with Gasteiger partial charge in [-0.05, 0) is 24.5 Å². The Labute approximate surface area is 97.1 Å². The maximum atomic E-state index is 6.06. The van der Waals surface area contributed by atoms with Gasteiger partial charge in [0.25, 0.3) is 0 Å². The lowest BCUT2D eigenvalue weighted by atomic mass is 10.2. The van der Waals surface area contributed by atoms with E-state index >= 15 is 0 Å². The molecule has 3 nitrogen and oxygen atoms in total. The first-order valence-electron chi connectivity index (χ1n) is 4.76. The van der Waals surface area contributed by atoms with Crippen LogP contribution in [0.25, 0.3) is 10.2 Å². The normalized spacial score (nSPS) is 13.2. The van der Waals surface area contributed by atoms with E-state index < -0.39 is 0 Å². The maximum Gasteiger partial charge on any atom is 0.111 e. The summed E-state index contributed by atoms with van der Waals surface area (Å²) in [5, 5.41) is 1.02. The molecule has 0 amide bonds. The predicted molar refractivity (Wildman–Crippen MR) is 67.3 cm³/mol. The standard InChI is InChI=1S/C10H13N3S2/c1-14-5-3-7(11)10-13-8-6-12-4-2-9(8)15-10/h2,4,6-7H,3,5,11H2,1H3. The highest BCUT2D eigenvalue weighted by molar-refractivity contribution is 7.98. The largest absolute Gasteiger partial charge is 0.322 e. The number of pyridine rings is 1. The van der Waals surface area contributed by atoms with Gasteiger partial charge in [-0.25, -0.2) is 4.98 Å². The van der Waals surface area contributed by atoms with Crippen LogP contribution in [0.2, 0.25) is 0 Å². The summed E-state index contributed by atoms with van der Waals surface area (Å²) < 4.78 is 1.17. The summed E-state index contributed by atoms with van der Waals surface area (Å²) in [6.07, 6.45) is 6.65. The van der Waals surface area contributed by atoms with Gasteiger partial charge in [0.2, 0.25) is 0 Å². The molecule has 1 unspecified atom stereocenters. The fraction of sp³-hybridized carbons (Fsp3) is 0.400. The van der Waals surface area contributed by atoms with E-state index in [1.165, 1.54) is 4.70 Å². The second kappa shape index (κ2) is 4.92. The van der Waals surface area contributed by atoms with Crippen LogP contribution in [0.1, 0.15) is 17.5 Å². The van der Waals surface area contributed by atoms with Crippen molar-refractivity contribution in [3.63, 3.8) is 0 Å². The van der Waals surface area contributed by atoms with Gasteiger partial charge >= 0.3 is 0 Å². The van der Waals surface area contributed by atoms with Crippen molar-refractivity contribution in [1.29, 1.82) is 0 Å². The Morgan fingerprint density at radius 3 is 3.20 bits per heavy atom. The number of thioether (sulfide) groups is 1. The third kappa shape index (κ3) is 2.48. The lowest BCUT2D eigenvalue weighted by molar-refractivity contribution is 0.701. The third-order valence-electron chi connectivity index (χ3n) is 2.16. The van der Waals surface area contributed by atoms with Crippen LogP contribution in [0.3, 0.4) is 0 Å². The molecule has 80 valence electrons. The topological polar surface area (TPSA) is 51.8 Å². The van der Waals surface area contributed by atoms with Crippen molar-refractivity contribution < 1.29 is 0 Å². The Balaban J connectivity index is 2.20. The monoisotopic (exact) mass is 239 g/mol. The van der Waals surface area contributed by atoms with Gasteiger partial charge in [0.15, 0.2) is 0 Å². The van der Waals surface area contributed by atoms with Crippen LogP contribution in [0.15, 0.2) is 18.5 Å². The van der Waals surface area contributed by atoms with E-state index in [-0.39, 0.29) is 6.04 Å². The first kappa shape index (κ1) is 10.9. The lowest BCUT2D eigenvalue weighted by Crippen LogP contribution is -2.10. The zero-order valence-corrected chi connectivity index (χ0v) is 10.1. The van der Waals surface area contributed by atoms with E-state index in [9.17, 15) is 0 Å². The Bertz CT molecular complexity index is 408. The molecule has 0 aliphatic carbocycles. The minimum atomic E-state index is 0.0647. The smallest absolute Gasteiger partial charge is 0.111 e.